The highest BCUT2D eigenvalue weighted by atomic mass is 16.5. The Bertz CT molecular complexity index is 1190. The van der Waals surface area contributed by atoms with Gasteiger partial charge in [0.1, 0.15) is 11.3 Å². The number of aromatic nitrogens is 1. The molecule has 0 aliphatic heterocycles. The number of para-hydroxylation sites is 2. The van der Waals surface area contributed by atoms with Crippen LogP contribution < -0.4 is 16.0 Å². The molecule has 9 heteroatoms. The topological polar surface area (TPSA) is 98.8 Å². The van der Waals surface area contributed by atoms with E-state index in [1.165, 1.54) is 19.3 Å². The van der Waals surface area contributed by atoms with Gasteiger partial charge < -0.3 is 30.5 Å². The molecule has 3 atom stereocenters. The lowest BCUT2D eigenvalue weighted by atomic mass is 9.95. The molecule has 1 aromatic heterocycles. The highest BCUT2D eigenvalue weighted by Gasteiger charge is 2.40. The Hall–Kier alpha value is -3.59. The molecule has 2 bridgehead atoms. The minimum absolute atomic E-state index is 0.0256. The SMILES string of the molecule is C=C(Nc1ccccc1NC(=O)c1ccc(CN(CCN(C)C)C(=O)NC2CC3CCC2C3)cn1)OC(C)(C)C. The summed E-state index contributed by atoms with van der Waals surface area (Å²) in [6.45, 7) is 11.5. The quantitative estimate of drug-likeness (QED) is 0.330. The number of amides is 3. The van der Waals surface area contributed by atoms with Gasteiger partial charge in [-0.3, -0.25) is 9.78 Å². The number of carbonyl (C=O) groups excluding carboxylic acids is 2. The number of benzene rings is 1. The Morgan fingerprint density at radius 2 is 1.75 bits per heavy atom. The maximum absolute atomic E-state index is 13.2. The highest BCUT2D eigenvalue weighted by molar-refractivity contribution is 6.04. The number of rotatable bonds is 11. The van der Waals surface area contributed by atoms with E-state index in [4.69, 9.17) is 4.74 Å². The van der Waals surface area contributed by atoms with E-state index in [1.54, 1.807) is 18.3 Å². The summed E-state index contributed by atoms with van der Waals surface area (Å²) in [5, 5.41) is 9.35. The molecule has 0 radical (unpaired) electrons. The Morgan fingerprint density at radius 3 is 2.33 bits per heavy atom. The molecule has 3 amide bonds. The Morgan fingerprint density at radius 1 is 1.02 bits per heavy atom. The lowest BCUT2D eigenvalue weighted by molar-refractivity contribution is 0.0565. The van der Waals surface area contributed by atoms with Crippen LogP contribution >= 0.6 is 0 Å². The van der Waals surface area contributed by atoms with Gasteiger partial charge in [0.2, 0.25) is 0 Å². The number of urea groups is 1. The van der Waals surface area contributed by atoms with Crippen molar-refractivity contribution in [3.63, 3.8) is 0 Å². The summed E-state index contributed by atoms with van der Waals surface area (Å²) in [6.07, 6.45) is 6.54. The fourth-order valence-electron chi connectivity index (χ4n) is 5.55. The number of ether oxygens (including phenoxy) is 1. The zero-order valence-electron chi connectivity index (χ0n) is 24.5. The van der Waals surface area contributed by atoms with Gasteiger partial charge in [-0.25, -0.2) is 4.79 Å². The number of hydrogen-bond donors (Lipinski definition) is 3. The predicted molar refractivity (Wildman–Crippen MR) is 159 cm³/mol. The van der Waals surface area contributed by atoms with Crippen molar-refractivity contribution >= 4 is 23.3 Å². The molecule has 9 nitrogen and oxygen atoms in total. The van der Waals surface area contributed by atoms with Crippen LogP contribution in [-0.4, -0.2) is 65.5 Å². The fraction of sp³-hybridized carbons (Fsp3) is 0.516. The summed E-state index contributed by atoms with van der Waals surface area (Å²) < 4.78 is 5.76. The van der Waals surface area contributed by atoms with Crippen molar-refractivity contribution in [1.82, 2.24) is 20.1 Å². The standard InChI is InChI=1S/C31H44N6O3/c1-21(40-31(2,3)4)33-25-9-7-8-10-26(25)34-29(38)27-14-12-23(19-32-27)20-37(16-15-36(5)6)30(39)35-28-18-22-11-13-24(28)17-22/h7-10,12,14,19,22,24,28,33H,1,11,13,15-18,20H2,2-6H3,(H,34,38)(H,35,39). The van der Waals surface area contributed by atoms with Crippen molar-refractivity contribution in [1.29, 1.82) is 0 Å². The normalized spacial score (nSPS) is 19.8. The van der Waals surface area contributed by atoms with Crippen molar-refractivity contribution < 1.29 is 14.3 Å². The average molecular weight is 549 g/mol. The summed E-state index contributed by atoms with van der Waals surface area (Å²) in [5.41, 5.74) is 2.02. The predicted octanol–water partition coefficient (Wildman–Crippen LogP) is 5.29. The van der Waals surface area contributed by atoms with Crippen molar-refractivity contribution in [3.8, 4) is 0 Å². The summed E-state index contributed by atoms with van der Waals surface area (Å²) in [7, 11) is 4.00. The number of anilines is 2. The van der Waals surface area contributed by atoms with E-state index in [9.17, 15) is 9.59 Å². The zero-order valence-corrected chi connectivity index (χ0v) is 24.5. The highest BCUT2D eigenvalue weighted by Crippen LogP contribution is 2.44. The van der Waals surface area contributed by atoms with Crippen LogP contribution in [0.1, 0.15) is 62.5 Å². The molecule has 2 aromatic rings. The summed E-state index contributed by atoms with van der Waals surface area (Å²) in [6, 6.07) is 11.2. The van der Waals surface area contributed by atoms with Crippen LogP contribution in [0.3, 0.4) is 0 Å². The first-order chi connectivity index (χ1) is 19.0. The van der Waals surface area contributed by atoms with E-state index >= 15 is 0 Å². The first-order valence-corrected chi connectivity index (χ1v) is 14.2. The molecule has 2 aliphatic carbocycles. The van der Waals surface area contributed by atoms with E-state index in [2.05, 4.69) is 32.4 Å². The van der Waals surface area contributed by atoms with Crippen molar-refractivity contribution in [2.75, 3.05) is 37.8 Å². The average Bonchev–Trinajstić information content (AvgIpc) is 3.50. The zero-order chi connectivity index (χ0) is 28.9. The van der Waals surface area contributed by atoms with Crippen LogP contribution in [0.25, 0.3) is 0 Å². The molecule has 40 heavy (non-hydrogen) atoms. The first-order valence-electron chi connectivity index (χ1n) is 14.2. The van der Waals surface area contributed by atoms with Crippen LogP contribution in [0.2, 0.25) is 0 Å². The molecule has 1 heterocycles. The number of fused-ring (bicyclic) bond motifs is 2. The lowest BCUT2D eigenvalue weighted by Gasteiger charge is -2.29. The molecule has 2 saturated carbocycles. The number of carbonyl (C=O) groups is 2. The van der Waals surface area contributed by atoms with Crippen LogP contribution in [0.15, 0.2) is 55.1 Å². The maximum Gasteiger partial charge on any atom is 0.317 e. The molecule has 3 unspecified atom stereocenters. The van der Waals surface area contributed by atoms with E-state index in [1.807, 2.05) is 64.0 Å². The number of nitrogens with one attached hydrogen (secondary N) is 3. The molecular formula is C31H44N6O3. The lowest BCUT2D eigenvalue weighted by Crippen LogP contribution is -2.48. The molecule has 216 valence electrons. The second kappa shape index (κ2) is 12.7. The third kappa shape index (κ3) is 8.21. The van der Waals surface area contributed by atoms with E-state index in [-0.39, 0.29) is 23.7 Å². The maximum atomic E-state index is 13.2. The van der Waals surface area contributed by atoms with Gasteiger partial charge in [0, 0.05) is 31.9 Å². The Labute approximate surface area is 238 Å². The van der Waals surface area contributed by atoms with Gasteiger partial charge in [0.15, 0.2) is 5.88 Å². The number of pyridine rings is 1. The van der Waals surface area contributed by atoms with Gasteiger partial charge in [0.05, 0.1) is 11.4 Å². The fourth-order valence-corrected chi connectivity index (χ4v) is 5.55. The van der Waals surface area contributed by atoms with E-state index in [0.717, 1.165) is 24.4 Å². The molecular weight excluding hydrogens is 504 g/mol. The minimum atomic E-state index is -0.396. The van der Waals surface area contributed by atoms with Gasteiger partial charge in [-0.2, -0.15) is 0 Å². The second-order valence-corrected chi connectivity index (χ2v) is 12.3. The second-order valence-electron chi connectivity index (χ2n) is 12.3. The number of likely N-dealkylation sites (N-methyl/N-ethyl adjacent to an activating group) is 1. The molecule has 0 saturated heterocycles. The number of nitrogens with zero attached hydrogens (tertiary/aromatic N) is 3. The van der Waals surface area contributed by atoms with Crippen LogP contribution in [-0.2, 0) is 11.3 Å². The molecule has 1 aromatic carbocycles. The molecule has 4 rings (SSSR count). The van der Waals surface area contributed by atoms with Crippen molar-refractivity contribution in [3.05, 3.63) is 66.3 Å². The summed E-state index contributed by atoms with van der Waals surface area (Å²) >= 11 is 0. The molecule has 2 fully saturated rings. The van der Waals surface area contributed by atoms with Gasteiger partial charge in [0.25, 0.3) is 5.91 Å². The van der Waals surface area contributed by atoms with Gasteiger partial charge >= 0.3 is 6.03 Å². The van der Waals surface area contributed by atoms with Crippen LogP contribution in [0.5, 0.6) is 0 Å². The van der Waals surface area contributed by atoms with Crippen LogP contribution in [0.4, 0.5) is 16.2 Å². The smallest absolute Gasteiger partial charge is 0.317 e. The minimum Gasteiger partial charge on any atom is -0.474 e. The Kier molecular flexibility index (Phi) is 9.35. The van der Waals surface area contributed by atoms with Gasteiger partial charge in [-0.1, -0.05) is 24.6 Å². The Balaban J connectivity index is 1.37. The van der Waals surface area contributed by atoms with E-state index in [0.29, 0.717) is 36.3 Å². The molecule has 2 aliphatic rings. The monoisotopic (exact) mass is 548 g/mol. The number of hydrogen-bond acceptors (Lipinski definition) is 6. The third-order valence-electron chi connectivity index (χ3n) is 7.46. The summed E-state index contributed by atoms with van der Waals surface area (Å²) in [5.74, 6) is 1.45. The molecule has 3 N–H and O–H groups in total. The largest absolute Gasteiger partial charge is 0.474 e. The third-order valence-corrected chi connectivity index (χ3v) is 7.46. The van der Waals surface area contributed by atoms with Crippen molar-refractivity contribution in [2.24, 2.45) is 11.8 Å². The van der Waals surface area contributed by atoms with Gasteiger partial charge in [-0.15, -0.1) is 0 Å². The summed E-state index contributed by atoms with van der Waals surface area (Å²) in [4.78, 5) is 34.6. The van der Waals surface area contributed by atoms with Crippen molar-refractivity contribution in [2.45, 2.75) is 64.6 Å². The van der Waals surface area contributed by atoms with Crippen LogP contribution in [0, 0.1) is 11.8 Å². The first kappa shape index (κ1) is 29.4. The van der Waals surface area contributed by atoms with Gasteiger partial charge in [-0.05, 0) is 96.3 Å². The van der Waals surface area contributed by atoms with E-state index < -0.39 is 5.60 Å². The molecule has 0 spiro atoms.